The van der Waals surface area contributed by atoms with Crippen molar-refractivity contribution in [3.8, 4) is 22.6 Å². The molecule has 46 heavy (non-hydrogen) atoms. The van der Waals surface area contributed by atoms with Gasteiger partial charge in [0.2, 0.25) is 11.8 Å². The molecule has 9 nitrogen and oxygen atoms in total. The second-order valence-electron chi connectivity index (χ2n) is 12.7. The number of benzene rings is 1. The Morgan fingerprint density at radius 3 is 2.57 bits per heavy atom. The topological polar surface area (TPSA) is 112 Å². The van der Waals surface area contributed by atoms with Crippen LogP contribution in [0.2, 0.25) is 0 Å². The van der Waals surface area contributed by atoms with Gasteiger partial charge in [0.1, 0.15) is 5.65 Å². The van der Waals surface area contributed by atoms with Crippen LogP contribution in [-0.2, 0) is 27.4 Å². The third-order valence-corrected chi connectivity index (χ3v) is 11.1. The Morgan fingerprint density at radius 2 is 1.85 bits per heavy atom. The molecule has 0 bridgehead atoms. The lowest BCUT2D eigenvalue weighted by Gasteiger charge is -2.23. The Morgan fingerprint density at radius 1 is 1.04 bits per heavy atom. The van der Waals surface area contributed by atoms with Gasteiger partial charge in [-0.25, -0.2) is 22.2 Å². The van der Waals surface area contributed by atoms with Gasteiger partial charge < -0.3 is 13.6 Å². The normalized spacial score (nSPS) is 18.1. The van der Waals surface area contributed by atoms with Crippen LogP contribution in [0.25, 0.3) is 28.2 Å². The van der Waals surface area contributed by atoms with Crippen LogP contribution >= 0.6 is 0 Å². The van der Waals surface area contributed by atoms with Gasteiger partial charge in [-0.2, -0.15) is 0 Å². The van der Waals surface area contributed by atoms with E-state index in [9.17, 15) is 17.2 Å². The Hall–Kier alpha value is -4.03. The van der Waals surface area contributed by atoms with Crippen molar-refractivity contribution < 1.29 is 26.4 Å². The second-order valence-corrected chi connectivity index (χ2v) is 14.7. The van der Waals surface area contributed by atoms with E-state index in [1.54, 1.807) is 19.2 Å². The van der Waals surface area contributed by atoms with Crippen LogP contribution in [0, 0.1) is 30.4 Å². The SMILES string of the molecule is Cc1nnc(-c2c(CCC3CCOCC3)nc3c(c2-c2ccn4c(Cc5ccc(F)c(F)c5)cnc4c2)S(=O)(=O)C[C@@H]3C(C)C)o1. The molecule has 0 saturated carbocycles. The molecule has 1 fully saturated rings. The number of halogens is 2. The zero-order valence-corrected chi connectivity index (χ0v) is 26.8. The predicted octanol–water partition coefficient (Wildman–Crippen LogP) is 6.51. The molecule has 1 atom stereocenters. The lowest BCUT2D eigenvalue weighted by Crippen LogP contribution is -2.17. The summed E-state index contributed by atoms with van der Waals surface area (Å²) in [5, 5.41) is 8.45. The maximum atomic E-state index is 14.0. The van der Waals surface area contributed by atoms with Crippen LogP contribution in [0.15, 0.2) is 52.0 Å². The first-order chi connectivity index (χ1) is 22.1. The first-order valence-electron chi connectivity index (χ1n) is 15.7. The predicted molar refractivity (Wildman–Crippen MR) is 167 cm³/mol. The molecule has 240 valence electrons. The van der Waals surface area contributed by atoms with Gasteiger partial charge in [-0.15, -0.1) is 10.2 Å². The Bertz CT molecular complexity index is 2050. The molecule has 0 radical (unpaired) electrons. The lowest BCUT2D eigenvalue weighted by molar-refractivity contribution is 0.0639. The molecule has 2 aliphatic heterocycles. The van der Waals surface area contributed by atoms with Gasteiger partial charge in [0.05, 0.1) is 27.6 Å². The van der Waals surface area contributed by atoms with Gasteiger partial charge in [0, 0.05) is 56.1 Å². The maximum Gasteiger partial charge on any atom is 0.250 e. The number of pyridine rings is 2. The van der Waals surface area contributed by atoms with Crippen LogP contribution in [0.5, 0.6) is 0 Å². The van der Waals surface area contributed by atoms with Crippen molar-refractivity contribution in [2.24, 2.45) is 11.8 Å². The Balaban J connectivity index is 1.40. The lowest BCUT2D eigenvalue weighted by atomic mass is 9.88. The number of fused-ring (bicyclic) bond motifs is 2. The van der Waals surface area contributed by atoms with Crippen molar-refractivity contribution in [1.29, 1.82) is 0 Å². The van der Waals surface area contributed by atoms with E-state index in [1.807, 2.05) is 36.6 Å². The van der Waals surface area contributed by atoms with Crippen LogP contribution in [-0.4, -0.2) is 52.0 Å². The van der Waals surface area contributed by atoms with Gasteiger partial charge in [-0.1, -0.05) is 19.9 Å². The Labute approximate surface area is 266 Å². The number of imidazole rings is 1. The maximum absolute atomic E-state index is 14.0. The molecule has 0 spiro atoms. The first-order valence-corrected chi connectivity index (χ1v) is 17.3. The third kappa shape index (κ3) is 5.62. The molecule has 1 aromatic carbocycles. The van der Waals surface area contributed by atoms with E-state index in [-0.39, 0.29) is 28.4 Å². The van der Waals surface area contributed by atoms with Gasteiger partial charge in [0.15, 0.2) is 21.5 Å². The summed E-state index contributed by atoms with van der Waals surface area (Å²) < 4.78 is 68.8. The number of hydrogen-bond donors (Lipinski definition) is 0. The minimum atomic E-state index is -3.71. The third-order valence-electron chi connectivity index (χ3n) is 9.24. The zero-order chi connectivity index (χ0) is 32.2. The monoisotopic (exact) mass is 647 g/mol. The number of sulfone groups is 1. The largest absolute Gasteiger partial charge is 0.421 e. The molecule has 1 saturated heterocycles. The summed E-state index contributed by atoms with van der Waals surface area (Å²) in [6.07, 6.45) is 7.28. The average molecular weight is 648 g/mol. The van der Waals surface area contributed by atoms with Crippen LogP contribution in [0.1, 0.15) is 67.6 Å². The summed E-state index contributed by atoms with van der Waals surface area (Å²) in [5.74, 6) is -0.941. The van der Waals surface area contributed by atoms with Gasteiger partial charge in [-0.05, 0) is 72.9 Å². The fourth-order valence-corrected chi connectivity index (χ4v) is 8.98. The van der Waals surface area contributed by atoms with E-state index in [4.69, 9.17) is 14.1 Å². The molecular weight excluding hydrogens is 612 g/mol. The average Bonchev–Trinajstić information content (AvgIpc) is 3.72. The van der Waals surface area contributed by atoms with E-state index in [0.29, 0.717) is 58.2 Å². The van der Waals surface area contributed by atoms with Crippen molar-refractivity contribution in [3.63, 3.8) is 0 Å². The molecule has 2 aliphatic rings. The molecule has 7 rings (SSSR count). The molecule has 4 aromatic heterocycles. The molecule has 6 heterocycles. The van der Waals surface area contributed by atoms with Crippen LogP contribution < -0.4 is 0 Å². The fourth-order valence-electron chi connectivity index (χ4n) is 6.75. The quantitative estimate of drug-likeness (QED) is 0.187. The van der Waals surface area contributed by atoms with E-state index in [2.05, 4.69) is 15.2 Å². The van der Waals surface area contributed by atoms with Gasteiger partial charge in [0.25, 0.3) is 0 Å². The molecule has 0 unspecified atom stereocenters. The highest BCUT2D eigenvalue weighted by Gasteiger charge is 2.42. The summed E-state index contributed by atoms with van der Waals surface area (Å²) in [6, 6.07) is 7.54. The number of ether oxygens (including phenoxy) is 1. The van der Waals surface area contributed by atoms with Crippen LogP contribution in [0.3, 0.4) is 0 Å². The van der Waals surface area contributed by atoms with E-state index < -0.39 is 21.5 Å². The summed E-state index contributed by atoms with van der Waals surface area (Å²) in [7, 11) is -3.71. The summed E-state index contributed by atoms with van der Waals surface area (Å²) in [5.41, 5.74) is 4.97. The Kier molecular flexibility index (Phi) is 7.96. The highest BCUT2D eigenvalue weighted by atomic mass is 32.2. The van der Waals surface area contributed by atoms with E-state index >= 15 is 0 Å². The summed E-state index contributed by atoms with van der Waals surface area (Å²) >= 11 is 0. The highest BCUT2D eigenvalue weighted by molar-refractivity contribution is 7.92. The standard InChI is InChI=1S/C34H35F2N5O4S/c1-19(2)25-18-46(42,43)33-30(23-8-11-41-24(17-37-29(41)16-23)14-22-4-6-26(35)27(36)15-22)31(34-40-39-20(3)45-34)28(38-32(25)33)7-5-21-9-12-44-13-10-21/h4,6,8,11,15-17,19,21,25H,5,7,9-10,12-14,18H2,1-3H3/t25-/m1/s1. The molecular formula is C34H35F2N5O4S. The zero-order valence-electron chi connectivity index (χ0n) is 26.0. The second kappa shape index (κ2) is 12.0. The minimum absolute atomic E-state index is 0.0181. The van der Waals surface area contributed by atoms with Crippen molar-refractivity contribution in [2.75, 3.05) is 19.0 Å². The van der Waals surface area contributed by atoms with Gasteiger partial charge >= 0.3 is 0 Å². The number of hydrogen-bond acceptors (Lipinski definition) is 8. The van der Waals surface area contributed by atoms with Crippen molar-refractivity contribution in [2.45, 2.75) is 63.7 Å². The summed E-state index contributed by atoms with van der Waals surface area (Å²) in [4.78, 5) is 9.94. The number of rotatable bonds is 8. The van der Waals surface area contributed by atoms with Crippen LogP contribution in [0.4, 0.5) is 8.78 Å². The van der Waals surface area contributed by atoms with Crippen molar-refractivity contribution in [1.82, 2.24) is 24.6 Å². The highest BCUT2D eigenvalue weighted by Crippen LogP contribution is 2.48. The number of nitrogens with zero attached hydrogens (tertiary/aromatic N) is 5. The van der Waals surface area contributed by atoms with Crippen molar-refractivity contribution in [3.05, 3.63) is 82.9 Å². The molecule has 5 aromatic rings. The van der Waals surface area contributed by atoms with Gasteiger partial charge in [-0.3, -0.25) is 4.98 Å². The van der Waals surface area contributed by atoms with E-state index in [1.165, 1.54) is 6.07 Å². The molecule has 0 N–H and O–H groups in total. The number of aryl methyl sites for hydroxylation is 2. The molecule has 0 aliphatic carbocycles. The van der Waals surface area contributed by atoms with Crippen molar-refractivity contribution >= 4 is 15.5 Å². The first kappa shape index (κ1) is 30.6. The number of aromatic nitrogens is 5. The summed E-state index contributed by atoms with van der Waals surface area (Å²) in [6.45, 7) is 7.23. The fraction of sp³-hybridized carbons (Fsp3) is 0.412. The minimum Gasteiger partial charge on any atom is -0.421 e. The van der Waals surface area contributed by atoms with E-state index in [0.717, 1.165) is 49.9 Å². The molecule has 0 amide bonds. The smallest absolute Gasteiger partial charge is 0.250 e. The molecule has 12 heteroatoms.